The summed E-state index contributed by atoms with van der Waals surface area (Å²) < 4.78 is 0. The lowest BCUT2D eigenvalue weighted by Gasteiger charge is -2.09. The van der Waals surface area contributed by atoms with Crippen LogP contribution in [0, 0.1) is 0 Å². The lowest BCUT2D eigenvalue weighted by molar-refractivity contribution is -0.127. The number of rotatable bonds is 3. The molecule has 0 aliphatic carbocycles. The third-order valence-electron chi connectivity index (χ3n) is 1.70. The average Bonchev–Trinajstić information content (AvgIpc) is 2.37. The minimum atomic E-state index is -0.130. The van der Waals surface area contributed by atoms with Crippen molar-refractivity contribution in [3.63, 3.8) is 0 Å². The van der Waals surface area contributed by atoms with Gasteiger partial charge < -0.3 is 5.32 Å². The minimum absolute atomic E-state index is 0.0289. The Morgan fingerprint density at radius 3 is 2.83 bits per heavy atom. The molecule has 0 spiro atoms. The second-order valence-corrected chi connectivity index (χ2v) is 4.16. The van der Waals surface area contributed by atoms with E-state index in [9.17, 15) is 9.59 Å². The SMILES string of the molecule is CC(=O)CC(=O)NC1CCSC1. The van der Waals surface area contributed by atoms with Gasteiger partial charge in [-0.05, 0) is 19.1 Å². The Bertz CT molecular complexity index is 187. The Morgan fingerprint density at radius 1 is 1.58 bits per heavy atom. The van der Waals surface area contributed by atoms with Gasteiger partial charge in [0.15, 0.2) is 0 Å². The van der Waals surface area contributed by atoms with Crippen LogP contribution >= 0.6 is 11.8 Å². The number of nitrogens with one attached hydrogen (secondary N) is 1. The second-order valence-electron chi connectivity index (χ2n) is 3.01. The third kappa shape index (κ3) is 3.26. The largest absolute Gasteiger partial charge is 0.352 e. The highest BCUT2D eigenvalue weighted by atomic mass is 32.2. The Morgan fingerprint density at radius 2 is 2.33 bits per heavy atom. The molecular weight excluding hydrogens is 174 g/mol. The summed E-state index contributed by atoms with van der Waals surface area (Å²) in [5.74, 6) is 1.91. The lowest BCUT2D eigenvalue weighted by atomic mass is 10.2. The van der Waals surface area contributed by atoms with Crippen LogP contribution in [0.1, 0.15) is 19.8 Å². The van der Waals surface area contributed by atoms with E-state index in [1.54, 1.807) is 0 Å². The molecule has 1 aliphatic heterocycles. The van der Waals surface area contributed by atoms with Gasteiger partial charge in [-0.15, -0.1) is 0 Å². The van der Waals surface area contributed by atoms with Crippen LogP contribution in [0.5, 0.6) is 0 Å². The van der Waals surface area contributed by atoms with Crippen molar-refractivity contribution in [3.8, 4) is 0 Å². The summed E-state index contributed by atoms with van der Waals surface area (Å²) in [6, 6.07) is 0.293. The van der Waals surface area contributed by atoms with E-state index in [4.69, 9.17) is 0 Å². The number of amides is 1. The van der Waals surface area contributed by atoms with Gasteiger partial charge in [0.1, 0.15) is 5.78 Å². The first-order valence-electron chi connectivity index (χ1n) is 4.05. The molecule has 12 heavy (non-hydrogen) atoms. The third-order valence-corrected chi connectivity index (χ3v) is 2.87. The van der Waals surface area contributed by atoms with E-state index < -0.39 is 0 Å². The average molecular weight is 187 g/mol. The molecule has 0 radical (unpaired) electrons. The molecular formula is C8H13NO2S. The summed E-state index contributed by atoms with van der Waals surface area (Å²) in [5.41, 5.74) is 0. The molecule has 0 aromatic carbocycles. The lowest BCUT2D eigenvalue weighted by Crippen LogP contribution is -2.35. The fourth-order valence-corrected chi connectivity index (χ4v) is 2.31. The van der Waals surface area contributed by atoms with Crippen LogP contribution in [-0.4, -0.2) is 29.2 Å². The molecule has 1 saturated heterocycles. The molecule has 0 aromatic rings. The normalized spacial score (nSPS) is 22.2. The Labute approximate surface area is 76.3 Å². The Kier molecular flexibility index (Phi) is 3.59. The van der Waals surface area contributed by atoms with Crippen molar-refractivity contribution in [2.75, 3.05) is 11.5 Å². The van der Waals surface area contributed by atoms with E-state index in [0.29, 0.717) is 6.04 Å². The van der Waals surface area contributed by atoms with Crippen molar-refractivity contribution in [1.29, 1.82) is 0 Å². The molecule has 1 unspecified atom stereocenters. The number of carbonyl (C=O) groups is 2. The molecule has 1 rings (SSSR count). The molecule has 0 bridgehead atoms. The van der Waals surface area contributed by atoms with E-state index in [0.717, 1.165) is 17.9 Å². The smallest absolute Gasteiger partial charge is 0.227 e. The van der Waals surface area contributed by atoms with Crippen LogP contribution in [0.25, 0.3) is 0 Å². The molecule has 1 heterocycles. The maximum absolute atomic E-state index is 11.1. The van der Waals surface area contributed by atoms with Crippen molar-refractivity contribution in [3.05, 3.63) is 0 Å². The number of hydrogen-bond acceptors (Lipinski definition) is 3. The van der Waals surface area contributed by atoms with Gasteiger partial charge in [0.25, 0.3) is 0 Å². The Balaban J connectivity index is 2.20. The Hall–Kier alpha value is -0.510. The van der Waals surface area contributed by atoms with E-state index in [1.807, 2.05) is 11.8 Å². The first kappa shape index (κ1) is 9.58. The van der Waals surface area contributed by atoms with Crippen molar-refractivity contribution >= 4 is 23.5 Å². The summed E-state index contributed by atoms with van der Waals surface area (Å²) in [6.07, 6.45) is 1.06. The highest BCUT2D eigenvalue weighted by Gasteiger charge is 2.17. The number of hydrogen-bond donors (Lipinski definition) is 1. The zero-order valence-corrected chi connectivity index (χ0v) is 7.95. The zero-order chi connectivity index (χ0) is 8.97. The van der Waals surface area contributed by atoms with E-state index in [2.05, 4.69) is 5.32 Å². The van der Waals surface area contributed by atoms with Gasteiger partial charge in [-0.2, -0.15) is 11.8 Å². The molecule has 1 amide bonds. The van der Waals surface area contributed by atoms with Crippen LogP contribution in [0.3, 0.4) is 0 Å². The molecule has 1 atom stereocenters. The van der Waals surface area contributed by atoms with E-state index in [1.165, 1.54) is 6.92 Å². The van der Waals surface area contributed by atoms with Gasteiger partial charge in [0, 0.05) is 11.8 Å². The van der Waals surface area contributed by atoms with Crippen LogP contribution in [-0.2, 0) is 9.59 Å². The molecule has 0 aromatic heterocycles. The number of thioether (sulfide) groups is 1. The summed E-state index contributed by atoms with van der Waals surface area (Å²) in [6.45, 7) is 1.43. The summed E-state index contributed by atoms with van der Waals surface area (Å²) in [7, 11) is 0. The van der Waals surface area contributed by atoms with Crippen LogP contribution in [0.15, 0.2) is 0 Å². The van der Waals surface area contributed by atoms with Crippen molar-refractivity contribution in [1.82, 2.24) is 5.32 Å². The van der Waals surface area contributed by atoms with Gasteiger partial charge in [-0.25, -0.2) is 0 Å². The predicted molar refractivity (Wildman–Crippen MR) is 49.2 cm³/mol. The molecule has 4 heteroatoms. The standard InChI is InChI=1S/C8H13NO2S/c1-6(10)4-8(11)9-7-2-3-12-5-7/h7H,2-5H2,1H3,(H,9,11). The van der Waals surface area contributed by atoms with Crippen molar-refractivity contribution < 1.29 is 9.59 Å². The summed E-state index contributed by atoms with van der Waals surface area (Å²) in [5, 5.41) is 2.83. The molecule has 3 nitrogen and oxygen atoms in total. The first-order valence-corrected chi connectivity index (χ1v) is 5.20. The molecule has 1 aliphatic rings. The van der Waals surface area contributed by atoms with Crippen LogP contribution in [0.2, 0.25) is 0 Å². The maximum atomic E-state index is 11.1. The van der Waals surface area contributed by atoms with Gasteiger partial charge in [0.2, 0.25) is 5.91 Å². The quantitative estimate of drug-likeness (QED) is 0.658. The minimum Gasteiger partial charge on any atom is -0.352 e. The van der Waals surface area contributed by atoms with E-state index >= 15 is 0 Å². The molecule has 68 valence electrons. The zero-order valence-electron chi connectivity index (χ0n) is 7.13. The van der Waals surface area contributed by atoms with Gasteiger partial charge in [0.05, 0.1) is 6.42 Å². The number of ketones is 1. The number of carbonyl (C=O) groups excluding carboxylic acids is 2. The van der Waals surface area contributed by atoms with E-state index in [-0.39, 0.29) is 18.1 Å². The fourth-order valence-electron chi connectivity index (χ4n) is 1.15. The fraction of sp³-hybridized carbons (Fsp3) is 0.750. The van der Waals surface area contributed by atoms with Gasteiger partial charge in [-0.3, -0.25) is 9.59 Å². The molecule has 0 saturated carbocycles. The summed E-state index contributed by atoms with van der Waals surface area (Å²) in [4.78, 5) is 21.6. The highest BCUT2D eigenvalue weighted by molar-refractivity contribution is 7.99. The highest BCUT2D eigenvalue weighted by Crippen LogP contribution is 2.16. The van der Waals surface area contributed by atoms with Crippen LogP contribution < -0.4 is 5.32 Å². The second kappa shape index (κ2) is 4.50. The van der Waals surface area contributed by atoms with Crippen molar-refractivity contribution in [2.24, 2.45) is 0 Å². The topological polar surface area (TPSA) is 46.2 Å². The van der Waals surface area contributed by atoms with Gasteiger partial charge >= 0.3 is 0 Å². The number of Topliss-reactive ketones (excluding diaryl/α,β-unsaturated/α-hetero) is 1. The molecule has 1 N–H and O–H groups in total. The monoisotopic (exact) mass is 187 g/mol. The van der Waals surface area contributed by atoms with Gasteiger partial charge in [-0.1, -0.05) is 0 Å². The molecule has 1 fully saturated rings. The predicted octanol–water partition coefficient (Wildman–Crippen LogP) is 0.587. The first-order chi connectivity index (χ1) is 5.68. The summed E-state index contributed by atoms with van der Waals surface area (Å²) >= 11 is 1.84. The maximum Gasteiger partial charge on any atom is 0.227 e. The van der Waals surface area contributed by atoms with Crippen molar-refractivity contribution in [2.45, 2.75) is 25.8 Å². The van der Waals surface area contributed by atoms with Crippen LogP contribution in [0.4, 0.5) is 0 Å².